The summed E-state index contributed by atoms with van der Waals surface area (Å²) in [7, 11) is 0. The first-order valence-corrected chi connectivity index (χ1v) is 4.65. The Morgan fingerprint density at radius 3 is 2.53 bits per heavy atom. The van der Waals surface area contributed by atoms with E-state index in [1.54, 1.807) is 18.2 Å². The Balaban J connectivity index is 2.78. The third kappa shape index (κ3) is 2.95. The number of ether oxygens (including phenoxy) is 1. The SMILES string of the molecule is C[C@@H](OC(=O)c1ccccc1Cl)C(N)=O. The van der Waals surface area contributed by atoms with E-state index < -0.39 is 18.0 Å². The van der Waals surface area contributed by atoms with Gasteiger partial charge in [0.05, 0.1) is 10.6 Å². The van der Waals surface area contributed by atoms with E-state index in [1.165, 1.54) is 13.0 Å². The summed E-state index contributed by atoms with van der Waals surface area (Å²) in [4.78, 5) is 22.1. The normalized spacial score (nSPS) is 11.9. The van der Waals surface area contributed by atoms with E-state index in [0.29, 0.717) is 0 Å². The van der Waals surface area contributed by atoms with Gasteiger partial charge in [-0.05, 0) is 19.1 Å². The zero-order valence-electron chi connectivity index (χ0n) is 8.07. The second-order valence-corrected chi connectivity index (χ2v) is 3.34. The topological polar surface area (TPSA) is 69.4 Å². The average Bonchev–Trinajstić information content (AvgIpc) is 2.18. The number of esters is 1. The smallest absolute Gasteiger partial charge is 0.340 e. The van der Waals surface area contributed by atoms with Crippen molar-refractivity contribution in [3.8, 4) is 0 Å². The summed E-state index contributed by atoms with van der Waals surface area (Å²) in [5, 5.41) is 0.277. The van der Waals surface area contributed by atoms with E-state index in [-0.39, 0.29) is 10.6 Å². The number of hydrogen-bond donors (Lipinski definition) is 1. The van der Waals surface area contributed by atoms with Crippen LogP contribution in [0.1, 0.15) is 17.3 Å². The van der Waals surface area contributed by atoms with E-state index in [0.717, 1.165) is 0 Å². The highest BCUT2D eigenvalue weighted by molar-refractivity contribution is 6.33. The largest absolute Gasteiger partial charge is 0.449 e. The standard InChI is InChI=1S/C10H10ClNO3/c1-6(9(12)13)15-10(14)7-4-2-3-5-8(7)11/h2-6H,1H3,(H2,12,13)/t6-/m1/s1. The molecule has 15 heavy (non-hydrogen) atoms. The van der Waals surface area contributed by atoms with Crippen molar-refractivity contribution in [2.24, 2.45) is 5.73 Å². The summed E-state index contributed by atoms with van der Waals surface area (Å²) < 4.78 is 4.78. The minimum absolute atomic E-state index is 0.215. The number of primary amides is 1. The third-order valence-corrected chi connectivity index (χ3v) is 2.11. The molecule has 1 aromatic carbocycles. The molecule has 0 aromatic heterocycles. The van der Waals surface area contributed by atoms with E-state index in [4.69, 9.17) is 22.1 Å². The quantitative estimate of drug-likeness (QED) is 0.793. The minimum atomic E-state index is -0.964. The van der Waals surface area contributed by atoms with Crippen molar-refractivity contribution in [3.05, 3.63) is 34.9 Å². The van der Waals surface area contributed by atoms with Crippen LogP contribution in [-0.4, -0.2) is 18.0 Å². The van der Waals surface area contributed by atoms with Crippen molar-refractivity contribution < 1.29 is 14.3 Å². The highest BCUT2D eigenvalue weighted by atomic mass is 35.5. The van der Waals surface area contributed by atoms with Crippen molar-refractivity contribution in [1.29, 1.82) is 0 Å². The van der Waals surface area contributed by atoms with Gasteiger partial charge in [-0.15, -0.1) is 0 Å². The Hall–Kier alpha value is -1.55. The Morgan fingerprint density at radius 1 is 1.40 bits per heavy atom. The lowest BCUT2D eigenvalue weighted by molar-refractivity contribution is -0.125. The van der Waals surface area contributed by atoms with Gasteiger partial charge in [0.1, 0.15) is 0 Å². The molecule has 2 N–H and O–H groups in total. The summed E-state index contributed by atoms with van der Waals surface area (Å²) in [5.74, 6) is -1.36. The number of benzene rings is 1. The number of hydrogen-bond acceptors (Lipinski definition) is 3. The fourth-order valence-electron chi connectivity index (χ4n) is 0.909. The molecule has 4 nitrogen and oxygen atoms in total. The summed E-state index contributed by atoms with van der Waals surface area (Å²) in [5.41, 5.74) is 5.17. The van der Waals surface area contributed by atoms with E-state index in [1.807, 2.05) is 0 Å². The average molecular weight is 228 g/mol. The van der Waals surface area contributed by atoms with Crippen molar-refractivity contribution >= 4 is 23.5 Å². The van der Waals surface area contributed by atoms with Crippen LogP contribution in [0.2, 0.25) is 5.02 Å². The van der Waals surface area contributed by atoms with Gasteiger partial charge in [0.2, 0.25) is 0 Å². The van der Waals surface area contributed by atoms with Crippen molar-refractivity contribution in [2.75, 3.05) is 0 Å². The van der Waals surface area contributed by atoms with Crippen LogP contribution in [0, 0.1) is 0 Å². The second kappa shape index (κ2) is 4.79. The lowest BCUT2D eigenvalue weighted by atomic mass is 10.2. The molecule has 0 aliphatic rings. The van der Waals surface area contributed by atoms with Crippen LogP contribution in [0.25, 0.3) is 0 Å². The maximum atomic E-state index is 11.5. The molecule has 5 heteroatoms. The summed E-state index contributed by atoms with van der Waals surface area (Å²) in [6.07, 6.45) is -0.964. The van der Waals surface area contributed by atoms with Gasteiger partial charge in [-0.25, -0.2) is 4.79 Å². The molecule has 0 radical (unpaired) electrons. The molecular weight excluding hydrogens is 218 g/mol. The van der Waals surface area contributed by atoms with E-state index >= 15 is 0 Å². The van der Waals surface area contributed by atoms with E-state index in [9.17, 15) is 9.59 Å². The van der Waals surface area contributed by atoms with Crippen LogP contribution >= 0.6 is 11.6 Å². The fourth-order valence-corrected chi connectivity index (χ4v) is 1.12. The maximum Gasteiger partial charge on any atom is 0.340 e. The molecule has 0 fully saturated rings. The lowest BCUT2D eigenvalue weighted by Gasteiger charge is -2.09. The third-order valence-electron chi connectivity index (χ3n) is 1.78. The molecule has 0 aliphatic carbocycles. The molecule has 1 rings (SSSR count). The van der Waals surface area contributed by atoms with Gasteiger partial charge in [0.15, 0.2) is 6.10 Å². The first-order chi connectivity index (χ1) is 7.02. The molecule has 0 aliphatic heterocycles. The van der Waals surface area contributed by atoms with Crippen molar-refractivity contribution in [3.63, 3.8) is 0 Å². The summed E-state index contributed by atoms with van der Waals surface area (Å²) >= 11 is 5.77. The van der Waals surface area contributed by atoms with Crippen LogP contribution in [0.15, 0.2) is 24.3 Å². The number of nitrogens with two attached hydrogens (primary N) is 1. The Kier molecular flexibility index (Phi) is 3.68. The molecule has 0 spiro atoms. The van der Waals surface area contributed by atoms with Gasteiger partial charge in [-0.1, -0.05) is 23.7 Å². The van der Waals surface area contributed by atoms with Crippen LogP contribution in [-0.2, 0) is 9.53 Å². The zero-order chi connectivity index (χ0) is 11.4. The first-order valence-electron chi connectivity index (χ1n) is 4.27. The van der Waals surface area contributed by atoms with Crippen LogP contribution in [0.3, 0.4) is 0 Å². The van der Waals surface area contributed by atoms with Crippen molar-refractivity contribution in [1.82, 2.24) is 0 Å². The predicted octanol–water partition coefficient (Wildman–Crippen LogP) is 1.37. The number of carbonyl (C=O) groups is 2. The monoisotopic (exact) mass is 227 g/mol. The molecule has 80 valence electrons. The van der Waals surface area contributed by atoms with Gasteiger partial charge >= 0.3 is 5.97 Å². The predicted molar refractivity (Wildman–Crippen MR) is 55.5 cm³/mol. The molecule has 0 heterocycles. The Bertz CT molecular complexity index is 392. The molecule has 0 unspecified atom stereocenters. The zero-order valence-corrected chi connectivity index (χ0v) is 8.82. The molecule has 1 aromatic rings. The first kappa shape index (κ1) is 11.5. The summed E-state index contributed by atoms with van der Waals surface area (Å²) in [6.45, 7) is 1.40. The Labute approximate surface area is 92.0 Å². The van der Waals surface area contributed by atoms with Gasteiger partial charge in [-0.3, -0.25) is 4.79 Å². The lowest BCUT2D eigenvalue weighted by Crippen LogP contribution is -2.30. The van der Waals surface area contributed by atoms with Crippen molar-refractivity contribution in [2.45, 2.75) is 13.0 Å². The Morgan fingerprint density at radius 2 is 2.00 bits per heavy atom. The fraction of sp³-hybridized carbons (Fsp3) is 0.200. The number of amides is 1. The number of rotatable bonds is 3. The molecule has 0 saturated heterocycles. The van der Waals surface area contributed by atoms with E-state index in [2.05, 4.69) is 0 Å². The highest BCUT2D eigenvalue weighted by Crippen LogP contribution is 2.16. The van der Waals surface area contributed by atoms with Gasteiger partial charge in [0.25, 0.3) is 5.91 Å². The molecule has 1 atom stereocenters. The van der Waals surface area contributed by atoms with Crippen LogP contribution in [0.5, 0.6) is 0 Å². The van der Waals surface area contributed by atoms with Gasteiger partial charge in [-0.2, -0.15) is 0 Å². The maximum absolute atomic E-state index is 11.5. The number of halogens is 1. The van der Waals surface area contributed by atoms with Crippen LogP contribution in [0.4, 0.5) is 0 Å². The molecule has 1 amide bonds. The van der Waals surface area contributed by atoms with Gasteiger partial charge < -0.3 is 10.5 Å². The molecular formula is C10H10ClNO3. The summed E-state index contributed by atoms with van der Waals surface area (Å²) in [6, 6.07) is 6.42. The minimum Gasteiger partial charge on any atom is -0.449 e. The second-order valence-electron chi connectivity index (χ2n) is 2.93. The highest BCUT2D eigenvalue weighted by Gasteiger charge is 2.17. The molecule has 0 bridgehead atoms. The molecule has 0 saturated carbocycles. The van der Waals surface area contributed by atoms with Crippen LogP contribution < -0.4 is 5.73 Å². The van der Waals surface area contributed by atoms with Gasteiger partial charge in [0, 0.05) is 0 Å². The number of carbonyl (C=O) groups excluding carboxylic acids is 2.